The minimum absolute atomic E-state index is 0.444. The number of hydrogen-bond donors (Lipinski definition) is 0. The first-order valence-corrected chi connectivity index (χ1v) is 4.97. The second kappa shape index (κ2) is 4.21. The van der Waals surface area contributed by atoms with Crippen molar-refractivity contribution < 1.29 is 5.11 Å². The minimum atomic E-state index is -0.444. The highest BCUT2D eigenvalue weighted by Crippen LogP contribution is 2.12. The van der Waals surface area contributed by atoms with Crippen LogP contribution in [0.25, 0.3) is 0 Å². The Hall–Kier alpha value is 0.270. The van der Waals surface area contributed by atoms with Crippen molar-refractivity contribution in [3.63, 3.8) is 0 Å². The average Bonchev–Trinajstić information content (AvgIpc) is 2.05. The molecule has 0 saturated carbocycles. The predicted octanol–water partition coefficient (Wildman–Crippen LogP) is 1.20. The molecule has 1 heterocycles. The maximum atomic E-state index is 11.2. The fraction of sp³-hybridized carbons (Fsp3) is 1.00. The third-order valence-corrected chi connectivity index (χ3v) is 2.74. The Kier molecular flexibility index (Phi) is 3.52. The van der Waals surface area contributed by atoms with Gasteiger partial charge in [0.15, 0.2) is 0 Å². The molecule has 0 aromatic heterocycles. The van der Waals surface area contributed by atoms with E-state index in [9.17, 15) is 5.11 Å². The van der Waals surface area contributed by atoms with Crippen molar-refractivity contribution in [2.75, 3.05) is 24.6 Å². The lowest BCUT2D eigenvalue weighted by molar-refractivity contribution is -0.0453. The van der Waals surface area contributed by atoms with Crippen LogP contribution in [-0.4, -0.2) is 35.7 Å². The van der Waals surface area contributed by atoms with Gasteiger partial charge in [0.25, 0.3) is 0 Å². The Balaban J connectivity index is 2.24. The van der Waals surface area contributed by atoms with Gasteiger partial charge in [-0.05, 0) is 6.42 Å². The summed E-state index contributed by atoms with van der Waals surface area (Å²) in [6, 6.07) is 0. The van der Waals surface area contributed by atoms with Crippen LogP contribution in [0.4, 0.5) is 0 Å². The van der Waals surface area contributed by atoms with Gasteiger partial charge in [0.2, 0.25) is 0 Å². The molecule has 1 fully saturated rings. The van der Waals surface area contributed by atoms with Crippen molar-refractivity contribution in [3.05, 3.63) is 0 Å². The summed E-state index contributed by atoms with van der Waals surface area (Å²) in [6.45, 7) is 3.94. The van der Waals surface area contributed by atoms with Gasteiger partial charge in [0.1, 0.15) is 6.23 Å². The smallest absolute Gasteiger partial charge is 0.146 e. The van der Waals surface area contributed by atoms with Crippen LogP contribution in [0, 0.1) is 0 Å². The molecule has 1 radical (unpaired) electrons. The van der Waals surface area contributed by atoms with Crippen molar-refractivity contribution in [1.82, 2.24) is 4.90 Å². The molecule has 1 unspecified atom stereocenters. The molecule has 0 aromatic rings. The summed E-state index contributed by atoms with van der Waals surface area (Å²) in [6.07, 6.45) is 0.297. The average molecular weight is 160 g/mol. The summed E-state index contributed by atoms with van der Waals surface area (Å²) < 4.78 is 0. The monoisotopic (exact) mass is 160 g/mol. The molecule has 0 amide bonds. The van der Waals surface area contributed by atoms with Crippen LogP contribution >= 0.6 is 11.8 Å². The van der Waals surface area contributed by atoms with Crippen molar-refractivity contribution >= 4 is 11.8 Å². The van der Waals surface area contributed by atoms with Crippen LogP contribution in [-0.2, 0) is 5.11 Å². The van der Waals surface area contributed by atoms with Crippen molar-refractivity contribution in [1.29, 1.82) is 0 Å². The molecule has 3 heteroatoms. The molecule has 0 bridgehead atoms. The number of hydrogen-bond acceptors (Lipinski definition) is 2. The topological polar surface area (TPSA) is 23.1 Å². The summed E-state index contributed by atoms with van der Waals surface area (Å²) in [5, 5.41) is 11.2. The van der Waals surface area contributed by atoms with Gasteiger partial charge in [0.05, 0.1) is 0 Å². The number of rotatable bonds is 2. The molecule has 1 saturated heterocycles. The van der Waals surface area contributed by atoms with E-state index in [0.29, 0.717) is 0 Å². The molecule has 0 spiro atoms. The maximum absolute atomic E-state index is 11.2. The maximum Gasteiger partial charge on any atom is 0.146 e. The van der Waals surface area contributed by atoms with E-state index in [4.69, 9.17) is 0 Å². The molecule has 1 atom stereocenters. The van der Waals surface area contributed by atoms with Gasteiger partial charge in [0, 0.05) is 24.6 Å². The Bertz CT molecular complexity index is 93.6. The SMILES string of the molecule is CCC([O])N1CCSCC1. The van der Waals surface area contributed by atoms with E-state index >= 15 is 0 Å². The summed E-state index contributed by atoms with van der Waals surface area (Å²) in [4.78, 5) is 2.04. The predicted molar refractivity (Wildman–Crippen MR) is 43.7 cm³/mol. The molecule has 59 valence electrons. The first-order chi connectivity index (χ1) is 4.84. The fourth-order valence-electron chi connectivity index (χ4n) is 1.12. The minimum Gasteiger partial charge on any atom is -0.274 e. The van der Waals surface area contributed by atoms with Crippen LogP contribution in [0.3, 0.4) is 0 Å². The van der Waals surface area contributed by atoms with Gasteiger partial charge in [-0.15, -0.1) is 0 Å². The summed E-state index contributed by atoms with van der Waals surface area (Å²) in [5.41, 5.74) is 0. The molecule has 1 aliphatic rings. The van der Waals surface area contributed by atoms with E-state index in [1.165, 1.54) is 0 Å². The molecule has 1 aliphatic heterocycles. The summed E-state index contributed by atoms with van der Waals surface area (Å²) >= 11 is 1.95. The summed E-state index contributed by atoms with van der Waals surface area (Å²) in [5.74, 6) is 2.28. The molecule has 0 aliphatic carbocycles. The van der Waals surface area contributed by atoms with Gasteiger partial charge in [-0.3, -0.25) is 4.90 Å². The lowest BCUT2D eigenvalue weighted by atomic mass is 10.3. The van der Waals surface area contributed by atoms with Gasteiger partial charge >= 0.3 is 0 Å². The normalized spacial score (nSPS) is 24.6. The highest BCUT2D eigenvalue weighted by atomic mass is 32.2. The second-order valence-corrected chi connectivity index (χ2v) is 3.74. The molecule has 2 nitrogen and oxygen atoms in total. The lowest BCUT2D eigenvalue weighted by Gasteiger charge is -2.28. The molecule has 0 N–H and O–H groups in total. The second-order valence-electron chi connectivity index (χ2n) is 2.51. The van der Waals surface area contributed by atoms with Crippen molar-refractivity contribution in [2.45, 2.75) is 19.6 Å². The molecule has 0 aromatic carbocycles. The van der Waals surface area contributed by atoms with E-state index in [2.05, 4.69) is 0 Å². The standard InChI is InChI=1S/C7H14NOS/c1-2-7(9)8-3-5-10-6-4-8/h7H,2-6H2,1H3. The molecular weight excluding hydrogens is 146 g/mol. The van der Waals surface area contributed by atoms with E-state index < -0.39 is 6.23 Å². The highest BCUT2D eigenvalue weighted by Gasteiger charge is 2.17. The quantitative estimate of drug-likeness (QED) is 0.606. The van der Waals surface area contributed by atoms with E-state index in [-0.39, 0.29) is 0 Å². The molecular formula is C7H14NOS. The Morgan fingerprint density at radius 1 is 1.50 bits per heavy atom. The summed E-state index contributed by atoms with van der Waals surface area (Å²) in [7, 11) is 0. The van der Waals surface area contributed by atoms with E-state index in [1.54, 1.807) is 0 Å². The van der Waals surface area contributed by atoms with Gasteiger partial charge in [-0.1, -0.05) is 6.92 Å². The zero-order valence-corrected chi connectivity index (χ0v) is 7.19. The Morgan fingerprint density at radius 3 is 2.60 bits per heavy atom. The zero-order chi connectivity index (χ0) is 7.40. The first-order valence-electron chi connectivity index (χ1n) is 3.82. The fourth-order valence-corrected chi connectivity index (χ4v) is 2.05. The van der Waals surface area contributed by atoms with Gasteiger partial charge < -0.3 is 0 Å². The van der Waals surface area contributed by atoms with E-state index in [1.807, 2.05) is 23.6 Å². The largest absolute Gasteiger partial charge is 0.274 e. The number of nitrogens with zero attached hydrogens (tertiary/aromatic N) is 1. The Morgan fingerprint density at radius 2 is 2.10 bits per heavy atom. The van der Waals surface area contributed by atoms with E-state index in [0.717, 1.165) is 31.0 Å². The van der Waals surface area contributed by atoms with Crippen LogP contribution in [0.15, 0.2) is 0 Å². The third kappa shape index (κ3) is 2.15. The molecule has 1 rings (SSSR count). The van der Waals surface area contributed by atoms with Crippen molar-refractivity contribution in [3.8, 4) is 0 Å². The van der Waals surface area contributed by atoms with Gasteiger partial charge in [-0.2, -0.15) is 11.8 Å². The lowest BCUT2D eigenvalue weighted by Crippen LogP contribution is -2.39. The van der Waals surface area contributed by atoms with Crippen LogP contribution in [0.2, 0.25) is 0 Å². The van der Waals surface area contributed by atoms with Crippen LogP contribution in [0.1, 0.15) is 13.3 Å². The highest BCUT2D eigenvalue weighted by molar-refractivity contribution is 7.99. The number of thioether (sulfide) groups is 1. The first kappa shape index (κ1) is 8.37. The van der Waals surface area contributed by atoms with Crippen LogP contribution in [0.5, 0.6) is 0 Å². The van der Waals surface area contributed by atoms with Gasteiger partial charge in [-0.25, -0.2) is 5.11 Å². The Labute approximate surface area is 66.6 Å². The zero-order valence-electron chi connectivity index (χ0n) is 6.38. The van der Waals surface area contributed by atoms with Crippen molar-refractivity contribution in [2.24, 2.45) is 0 Å². The van der Waals surface area contributed by atoms with Crippen LogP contribution < -0.4 is 0 Å². The molecule has 10 heavy (non-hydrogen) atoms. The third-order valence-electron chi connectivity index (χ3n) is 1.80.